The molecule has 0 unspecified atom stereocenters. The van der Waals surface area contributed by atoms with Crippen LogP contribution >= 0.6 is 12.2 Å². The van der Waals surface area contributed by atoms with Crippen molar-refractivity contribution in [3.63, 3.8) is 0 Å². The Kier molecular flexibility index (Phi) is 4.18. The van der Waals surface area contributed by atoms with Crippen molar-refractivity contribution in [3.05, 3.63) is 40.7 Å². The highest BCUT2D eigenvalue weighted by atomic mass is 32.1. The first-order chi connectivity index (χ1) is 12.1. The second-order valence-corrected chi connectivity index (χ2v) is 6.61. The lowest BCUT2D eigenvalue weighted by Crippen LogP contribution is -2.47. The van der Waals surface area contributed by atoms with Crippen LogP contribution in [0, 0.1) is 18.6 Å². The zero-order valence-electron chi connectivity index (χ0n) is 14.3. The number of nitrogens with zero attached hydrogens (tertiary/aromatic N) is 8. The van der Waals surface area contributed by atoms with Crippen molar-refractivity contribution < 1.29 is 0 Å². The fourth-order valence-electron chi connectivity index (χ4n) is 3.22. The Morgan fingerprint density at radius 3 is 2.48 bits per heavy atom. The molecular formula is C16H20N8S. The number of hydrogen-bond acceptors (Lipinski definition) is 7. The molecule has 4 rings (SSSR count). The summed E-state index contributed by atoms with van der Waals surface area (Å²) in [5.74, 6) is 1.46. The molecule has 4 heterocycles. The van der Waals surface area contributed by atoms with Crippen LogP contribution in [0.3, 0.4) is 0 Å². The van der Waals surface area contributed by atoms with E-state index in [9.17, 15) is 0 Å². The Labute approximate surface area is 150 Å². The minimum Gasteiger partial charge on any atom is -0.338 e. The first-order valence-corrected chi connectivity index (χ1v) is 8.71. The molecule has 130 valence electrons. The number of anilines is 1. The van der Waals surface area contributed by atoms with Gasteiger partial charge in [0.25, 0.3) is 5.78 Å². The summed E-state index contributed by atoms with van der Waals surface area (Å²) in [5, 5.41) is 0. The van der Waals surface area contributed by atoms with E-state index in [-0.39, 0.29) is 0 Å². The minimum atomic E-state index is 0.565. The van der Waals surface area contributed by atoms with Crippen molar-refractivity contribution in [2.75, 3.05) is 31.1 Å². The average molecular weight is 356 g/mol. The third-order valence-corrected chi connectivity index (χ3v) is 4.72. The molecule has 0 amide bonds. The van der Waals surface area contributed by atoms with Crippen LogP contribution in [-0.4, -0.2) is 60.2 Å². The molecule has 1 aliphatic heterocycles. The van der Waals surface area contributed by atoms with Gasteiger partial charge in [0.05, 0.1) is 6.67 Å². The maximum Gasteiger partial charge on any atom is 0.252 e. The first-order valence-electron chi connectivity index (χ1n) is 8.30. The highest BCUT2D eigenvalue weighted by Gasteiger charge is 2.20. The number of aryl methyl sites for hydroxylation is 2. The Bertz CT molecular complexity index is 940. The van der Waals surface area contributed by atoms with Gasteiger partial charge in [-0.05, 0) is 38.2 Å². The maximum absolute atomic E-state index is 5.46. The molecule has 0 aromatic carbocycles. The normalized spacial score (nSPS) is 15.8. The Morgan fingerprint density at radius 1 is 1.04 bits per heavy atom. The monoisotopic (exact) mass is 356 g/mol. The van der Waals surface area contributed by atoms with Crippen LogP contribution in [-0.2, 0) is 6.67 Å². The molecule has 3 aromatic rings. The fourth-order valence-corrected chi connectivity index (χ4v) is 3.44. The van der Waals surface area contributed by atoms with Gasteiger partial charge in [-0.1, -0.05) is 0 Å². The SMILES string of the molecule is Cc1cc(C)n2c(n1)nc(=S)n2CN1CCN(c2ncccn2)CC1. The van der Waals surface area contributed by atoms with E-state index < -0.39 is 0 Å². The largest absolute Gasteiger partial charge is 0.338 e. The van der Waals surface area contributed by atoms with E-state index in [0.29, 0.717) is 17.2 Å². The van der Waals surface area contributed by atoms with Crippen LogP contribution in [0.2, 0.25) is 0 Å². The van der Waals surface area contributed by atoms with Crippen molar-refractivity contribution in [2.45, 2.75) is 20.5 Å². The highest BCUT2D eigenvalue weighted by molar-refractivity contribution is 7.71. The summed E-state index contributed by atoms with van der Waals surface area (Å²) in [6, 6.07) is 3.88. The molecule has 0 bridgehead atoms. The average Bonchev–Trinajstić information content (AvgIpc) is 2.92. The summed E-state index contributed by atoms with van der Waals surface area (Å²) in [6.45, 7) is 8.36. The Balaban J connectivity index is 1.52. The highest BCUT2D eigenvalue weighted by Crippen LogP contribution is 2.12. The van der Waals surface area contributed by atoms with Gasteiger partial charge in [-0.15, -0.1) is 0 Å². The van der Waals surface area contributed by atoms with Crippen molar-refractivity contribution in [2.24, 2.45) is 0 Å². The smallest absolute Gasteiger partial charge is 0.252 e. The van der Waals surface area contributed by atoms with E-state index in [1.165, 1.54) is 0 Å². The number of piperazine rings is 1. The fraction of sp³-hybridized carbons (Fsp3) is 0.438. The van der Waals surface area contributed by atoms with Gasteiger partial charge in [-0.2, -0.15) is 4.98 Å². The molecule has 0 saturated carbocycles. The predicted molar refractivity (Wildman–Crippen MR) is 97.1 cm³/mol. The van der Waals surface area contributed by atoms with Crippen molar-refractivity contribution >= 4 is 23.9 Å². The minimum absolute atomic E-state index is 0.565. The van der Waals surface area contributed by atoms with E-state index in [2.05, 4.69) is 36.7 Å². The molecular weight excluding hydrogens is 336 g/mol. The summed E-state index contributed by atoms with van der Waals surface area (Å²) in [4.78, 5) is 22.2. The molecule has 1 saturated heterocycles. The summed E-state index contributed by atoms with van der Waals surface area (Å²) >= 11 is 5.46. The molecule has 25 heavy (non-hydrogen) atoms. The first kappa shape index (κ1) is 16.1. The van der Waals surface area contributed by atoms with Crippen LogP contribution in [0.15, 0.2) is 24.5 Å². The van der Waals surface area contributed by atoms with Gasteiger partial charge >= 0.3 is 0 Å². The third kappa shape index (κ3) is 3.12. The van der Waals surface area contributed by atoms with Crippen LogP contribution in [0.1, 0.15) is 11.4 Å². The van der Waals surface area contributed by atoms with Gasteiger partial charge in [-0.3, -0.25) is 4.90 Å². The number of aromatic nitrogens is 6. The lowest BCUT2D eigenvalue weighted by atomic mass is 10.3. The van der Waals surface area contributed by atoms with Gasteiger partial charge in [0.1, 0.15) is 0 Å². The van der Waals surface area contributed by atoms with Gasteiger partial charge in [0.2, 0.25) is 10.7 Å². The molecule has 0 N–H and O–H groups in total. The quantitative estimate of drug-likeness (QED) is 0.658. The molecule has 3 aromatic heterocycles. The van der Waals surface area contributed by atoms with Crippen molar-refractivity contribution in [3.8, 4) is 0 Å². The zero-order valence-corrected chi connectivity index (χ0v) is 15.1. The number of hydrogen-bond donors (Lipinski definition) is 0. The van der Waals surface area contributed by atoms with Crippen LogP contribution in [0.4, 0.5) is 5.95 Å². The molecule has 0 atom stereocenters. The van der Waals surface area contributed by atoms with E-state index >= 15 is 0 Å². The molecule has 8 nitrogen and oxygen atoms in total. The molecule has 1 aliphatic rings. The Morgan fingerprint density at radius 2 is 1.76 bits per heavy atom. The van der Waals surface area contributed by atoms with Gasteiger partial charge in [0.15, 0.2) is 0 Å². The number of rotatable bonds is 3. The van der Waals surface area contributed by atoms with Gasteiger partial charge in [0, 0.05) is 50.0 Å². The summed E-state index contributed by atoms with van der Waals surface area (Å²) < 4.78 is 4.58. The molecule has 9 heteroatoms. The standard InChI is InChI=1S/C16H20N8S/c1-12-10-13(2)24-15(19-12)20-16(25)23(24)11-21-6-8-22(9-7-21)14-17-4-3-5-18-14/h3-5,10H,6-9,11H2,1-2H3. The lowest BCUT2D eigenvalue weighted by Gasteiger charge is -2.34. The van der Waals surface area contributed by atoms with Crippen molar-refractivity contribution in [1.82, 2.24) is 34.0 Å². The zero-order chi connectivity index (χ0) is 17.4. The predicted octanol–water partition coefficient (Wildman–Crippen LogP) is 1.45. The number of fused-ring (bicyclic) bond motifs is 1. The van der Waals surface area contributed by atoms with Gasteiger partial charge in [-0.25, -0.2) is 24.1 Å². The third-order valence-electron chi connectivity index (χ3n) is 4.42. The maximum atomic E-state index is 5.46. The van der Waals surface area contributed by atoms with E-state index in [1.54, 1.807) is 12.4 Å². The second kappa shape index (κ2) is 6.49. The van der Waals surface area contributed by atoms with Crippen LogP contribution in [0.25, 0.3) is 5.78 Å². The lowest BCUT2D eigenvalue weighted by molar-refractivity contribution is 0.189. The molecule has 0 radical (unpaired) electrons. The topological polar surface area (TPSA) is 67.4 Å². The van der Waals surface area contributed by atoms with Crippen LogP contribution < -0.4 is 4.90 Å². The molecule has 0 spiro atoms. The van der Waals surface area contributed by atoms with E-state index in [1.807, 2.05) is 28.3 Å². The summed E-state index contributed by atoms with van der Waals surface area (Å²) in [6.07, 6.45) is 3.56. The van der Waals surface area contributed by atoms with Crippen LogP contribution in [0.5, 0.6) is 0 Å². The van der Waals surface area contributed by atoms with Crippen molar-refractivity contribution in [1.29, 1.82) is 0 Å². The Hall–Kier alpha value is -2.39. The molecule has 0 aliphatic carbocycles. The summed E-state index contributed by atoms with van der Waals surface area (Å²) in [5.41, 5.74) is 2.04. The summed E-state index contributed by atoms with van der Waals surface area (Å²) in [7, 11) is 0. The molecule has 1 fully saturated rings. The van der Waals surface area contributed by atoms with E-state index in [4.69, 9.17) is 12.2 Å². The van der Waals surface area contributed by atoms with E-state index in [0.717, 1.165) is 43.5 Å². The second-order valence-electron chi connectivity index (χ2n) is 6.24. The van der Waals surface area contributed by atoms with Gasteiger partial charge < -0.3 is 4.90 Å².